The van der Waals surface area contributed by atoms with E-state index in [0.29, 0.717) is 5.92 Å². The van der Waals surface area contributed by atoms with Crippen molar-refractivity contribution < 1.29 is 9.64 Å². The number of ether oxygens (including phenoxy) is 1. The quantitative estimate of drug-likeness (QED) is 0.907. The summed E-state index contributed by atoms with van der Waals surface area (Å²) in [7, 11) is 4.44. The molecule has 2 aromatic carbocycles. The number of hydrogen-bond acceptors (Lipinski definition) is 1. The van der Waals surface area contributed by atoms with E-state index in [0.717, 1.165) is 19.6 Å². The van der Waals surface area contributed by atoms with Crippen LogP contribution in [-0.2, 0) is 10.3 Å². The molecule has 1 heterocycles. The zero-order chi connectivity index (χ0) is 14.7. The highest BCUT2D eigenvalue weighted by molar-refractivity contribution is 5.38. The van der Waals surface area contributed by atoms with E-state index in [4.69, 9.17) is 4.74 Å². The van der Waals surface area contributed by atoms with E-state index in [1.165, 1.54) is 16.0 Å². The van der Waals surface area contributed by atoms with Crippen molar-refractivity contribution in [1.29, 1.82) is 0 Å². The second kappa shape index (κ2) is 6.00. The number of rotatable bonds is 4. The zero-order valence-corrected chi connectivity index (χ0v) is 12.9. The van der Waals surface area contributed by atoms with Crippen molar-refractivity contribution in [1.82, 2.24) is 0 Å². The highest BCUT2D eigenvalue weighted by Crippen LogP contribution is 2.45. The van der Waals surface area contributed by atoms with E-state index < -0.39 is 0 Å². The smallest absolute Gasteiger partial charge is 0.126 e. The molecule has 0 amide bonds. The van der Waals surface area contributed by atoms with Crippen molar-refractivity contribution in [2.24, 2.45) is 5.92 Å². The predicted octanol–water partition coefficient (Wildman–Crippen LogP) is 2.11. The highest BCUT2D eigenvalue weighted by atomic mass is 16.5. The summed E-state index contributed by atoms with van der Waals surface area (Å²) in [5.74, 6) is 0.507. The Bertz CT molecular complexity index is 525. The third kappa shape index (κ3) is 2.61. The van der Waals surface area contributed by atoms with Crippen LogP contribution in [0.2, 0.25) is 0 Å². The van der Waals surface area contributed by atoms with Gasteiger partial charge in [0.15, 0.2) is 0 Å². The lowest BCUT2D eigenvalue weighted by Gasteiger charge is -2.35. The molecule has 0 saturated carbocycles. The number of benzene rings is 2. The van der Waals surface area contributed by atoms with Gasteiger partial charge in [0.05, 0.1) is 20.6 Å². The van der Waals surface area contributed by atoms with Gasteiger partial charge in [0, 0.05) is 12.5 Å². The van der Waals surface area contributed by atoms with Crippen LogP contribution in [0.5, 0.6) is 0 Å². The van der Waals surface area contributed by atoms with Gasteiger partial charge in [0.25, 0.3) is 0 Å². The van der Waals surface area contributed by atoms with Crippen LogP contribution in [0.25, 0.3) is 0 Å². The van der Waals surface area contributed by atoms with Crippen molar-refractivity contribution in [3.63, 3.8) is 0 Å². The van der Waals surface area contributed by atoms with Crippen LogP contribution in [-0.4, -0.2) is 27.2 Å². The molecular formula is C19H24NO+. The first-order valence-electron chi connectivity index (χ1n) is 7.77. The molecule has 0 radical (unpaired) electrons. The molecule has 2 heteroatoms. The lowest BCUT2D eigenvalue weighted by molar-refractivity contribution is -0.862. The maximum atomic E-state index is 6.41. The van der Waals surface area contributed by atoms with Gasteiger partial charge in [-0.1, -0.05) is 60.7 Å². The lowest BCUT2D eigenvalue weighted by atomic mass is 9.76. The van der Waals surface area contributed by atoms with Gasteiger partial charge in [0.1, 0.15) is 5.60 Å². The molecule has 1 fully saturated rings. The van der Waals surface area contributed by atoms with Gasteiger partial charge in [-0.25, -0.2) is 0 Å². The summed E-state index contributed by atoms with van der Waals surface area (Å²) in [6.45, 7) is 1.95. The first-order valence-corrected chi connectivity index (χ1v) is 7.77. The van der Waals surface area contributed by atoms with Crippen LogP contribution in [0.4, 0.5) is 0 Å². The van der Waals surface area contributed by atoms with Crippen LogP contribution >= 0.6 is 0 Å². The van der Waals surface area contributed by atoms with Crippen molar-refractivity contribution in [3.8, 4) is 0 Å². The second-order valence-electron chi connectivity index (χ2n) is 6.21. The second-order valence-corrected chi connectivity index (χ2v) is 6.21. The van der Waals surface area contributed by atoms with Gasteiger partial charge in [-0.15, -0.1) is 0 Å². The van der Waals surface area contributed by atoms with Crippen molar-refractivity contribution in [2.75, 3.05) is 27.2 Å². The van der Waals surface area contributed by atoms with E-state index in [2.05, 4.69) is 74.8 Å². The topological polar surface area (TPSA) is 13.7 Å². The largest absolute Gasteiger partial charge is 0.365 e. The number of nitrogens with one attached hydrogen (secondary N) is 1. The molecule has 1 saturated heterocycles. The molecule has 1 aliphatic heterocycles. The lowest BCUT2D eigenvalue weighted by Crippen LogP contribution is -3.06. The standard InChI is InChI=1S/C19H23NO/c1-20(2)15-18-13-14-21-19(18,16-9-5-3-6-10-16)17-11-7-4-8-12-17/h3-12,18H,13-15H2,1-2H3/p+1/t18-/m1/s1. The molecule has 1 N–H and O–H groups in total. The Labute approximate surface area is 127 Å². The zero-order valence-electron chi connectivity index (χ0n) is 12.9. The predicted molar refractivity (Wildman–Crippen MR) is 85.4 cm³/mol. The third-order valence-electron chi connectivity index (χ3n) is 4.43. The van der Waals surface area contributed by atoms with Crippen LogP contribution in [0.1, 0.15) is 17.5 Å². The van der Waals surface area contributed by atoms with Gasteiger partial charge in [-0.05, 0) is 17.5 Å². The summed E-state index contributed by atoms with van der Waals surface area (Å²) in [6.07, 6.45) is 1.12. The summed E-state index contributed by atoms with van der Waals surface area (Å²) in [6, 6.07) is 21.4. The summed E-state index contributed by atoms with van der Waals surface area (Å²) >= 11 is 0. The number of quaternary nitrogens is 1. The molecule has 1 atom stereocenters. The first-order chi connectivity index (χ1) is 10.2. The molecule has 0 aliphatic carbocycles. The molecule has 2 nitrogen and oxygen atoms in total. The molecule has 0 spiro atoms. The van der Waals surface area contributed by atoms with Crippen LogP contribution in [0.3, 0.4) is 0 Å². The summed E-state index contributed by atoms with van der Waals surface area (Å²) < 4.78 is 6.41. The first kappa shape index (κ1) is 14.3. The Balaban J connectivity index is 2.11. The van der Waals surface area contributed by atoms with E-state index in [-0.39, 0.29) is 5.60 Å². The Morgan fingerprint density at radius 2 is 1.48 bits per heavy atom. The summed E-state index contributed by atoms with van der Waals surface area (Å²) in [5.41, 5.74) is 2.26. The number of hydrogen-bond donors (Lipinski definition) is 1. The average molecular weight is 282 g/mol. The van der Waals surface area contributed by atoms with E-state index in [1.54, 1.807) is 0 Å². The normalized spacial score (nSPS) is 20.8. The minimum absolute atomic E-state index is 0.292. The monoisotopic (exact) mass is 282 g/mol. The Morgan fingerprint density at radius 3 is 1.95 bits per heavy atom. The fourth-order valence-electron chi connectivity index (χ4n) is 3.60. The minimum atomic E-state index is -0.292. The fraction of sp³-hybridized carbons (Fsp3) is 0.368. The van der Waals surface area contributed by atoms with Gasteiger partial charge in [-0.2, -0.15) is 0 Å². The van der Waals surface area contributed by atoms with E-state index in [9.17, 15) is 0 Å². The Hall–Kier alpha value is -1.64. The minimum Gasteiger partial charge on any atom is -0.365 e. The molecule has 21 heavy (non-hydrogen) atoms. The third-order valence-corrected chi connectivity index (χ3v) is 4.43. The molecule has 0 bridgehead atoms. The average Bonchev–Trinajstić information content (AvgIpc) is 2.93. The Kier molecular flexibility index (Phi) is 4.09. The van der Waals surface area contributed by atoms with Gasteiger partial charge < -0.3 is 9.64 Å². The highest BCUT2D eigenvalue weighted by Gasteiger charge is 2.48. The fourth-order valence-corrected chi connectivity index (χ4v) is 3.60. The maximum absolute atomic E-state index is 6.41. The van der Waals surface area contributed by atoms with Crippen LogP contribution < -0.4 is 4.90 Å². The molecule has 3 rings (SSSR count). The van der Waals surface area contributed by atoms with Gasteiger partial charge >= 0.3 is 0 Å². The SMILES string of the molecule is C[NH+](C)C[C@H]1CCOC1(c1ccccc1)c1ccccc1. The summed E-state index contributed by atoms with van der Waals surface area (Å²) in [4.78, 5) is 1.47. The molecule has 110 valence electrons. The molecular weight excluding hydrogens is 258 g/mol. The van der Waals surface area contributed by atoms with Crippen LogP contribution in [0, 0.1) is 5.92 Å². The van der Waals surface area contributed by atoms with E-state index >= 15 is 0 Å². The molecule has 1 aliphatic rings. The summed E-state index contributed by atoms with van der Waals surface area (Å²) in [5, 5.41) is 0. The molecule has 0 unspecified atom stereocenters. The van der Waals surface area contributed by atoms with Crippen molar-refractivity contribution in [2.45, 2.75) is 12.0 Å². The van der Waals surface area contributed by atoms with Gasteiger partial charge in [0.2, 0.25) is 0 Å². The molecule has 0 aromatic heterocycles. The maximum Gasteiger partial charge on any atom is 0.126 e. The van der Waals surface area contributed by atoms with E-state index in [1.807, 2.05) is 0 Å². The van der Waals surface area contributed by atoms with Crippen molar-refractivity contribution in [3.05, 3.63) is 71.8 Å². The van der Waals surface area contributed by atoms with Crippen molar-refractivity contribution >= 4 is 0 Å². The van der Waals surface area contributed by atoms with Crippen LogP contribution in [0.15, 0.2) is 60.7 Å². The van der Waals surface area contributed by atoms with Gasteiger partial charge in [-0.3, -0.25) is 0 Å². The molecule has 2 aromatic rings. The Morgan fingerprint density at radius 1 is 0.952 bits per heavy atom.